The second-order valence-corrected chi connectivity index (χ2v) is 2.96. The van der Waals surface area contributed by atoms with Gasteiger partial charge in [-0.05, 0) is 12.5 Å². The molecule has 0 radical (unpaired) electrons. The second-order valence-electron chi connectivity index (χ2n) is 2.96. The van der Waals surface area contributed by atoms with E-state index in [2.05, 4.69) is 11.9 Å². The molecule has 1 aromatic heterocycles. The Hall–Kier alpha value is -1.60. The average Bonchev–Trinajstić information content (AvgIpc) is 2.29. The van der Waals surface area contributed by atoms with Crippen LogP contribution in [0.15, 0.2) is 18.3 Å². The molecule has 0 unspecified atom stereocenters. The summed E-state index contributed by atoms with van der Waals surface area (Å²) in [6.45, 7) is 3.81. The van der Waals surface area contributed by atoms with E-state index in [1.807, 2.05) is 6.07 Å². The first kappa shape index (κ1) is 11.5. The molecule has 0 N–H and O–H groups in total. The fraction of sp³-hybridized carbons (Fsp3) is 0.455. The zero-order valence-corrected chi connectivity index (χ0v) is 8.77. The third-order valence-corrected chi connectivity index (χ3v) is 1.69. The zero-order valence-electron chi connectivity index (χ0n) is 8.77. The summed E-state index contributed by atoms with van der Waals surface area (Å²) in [4.78, 5) is 3.98. The van der Waals surface area contributed by atoms with Gasteiger partial charge in [-0.2, -0.15) is 5.26 Å². The molecule has 15 heavy (non-hydrogen) atoms. The Morgan fingerprint density at radius 2 is 2.27 bits per heavy atom. The van der Waals surface area contributed by atoms with Crippen LogP contribution >= 0.6 is 0 Å². The molecule has 0 aliphatic carbocycles. The van der Waals surface area contributed by atoms with Crippen molar-refractivity contribution in [1.82, 2.24) is 4.98 Å². The first-order chi connectivity index (χ1) is 7.36. The van der Waals surface area contributed by atoms with Crippen molar-refractivity contribution in [3.8, 4) is 11.9 Å². The Morgan fingerprint density at radius 1 is 1.40 bits per heavy atom. The third-order valence-electron chi connectivity index (χ3n) is 1.69. The predicted molar refractivity (Wildman–Crippen MR) is 55.6 cm³/mol. The number of nitrogens with zero attached hydrogens (tertiary/aromatic N) is 2. The van der Waals surface area contributed by atoms with E-state index >= 15 is 0 Å². The summed E-state index contributed by atoms with van der Waals surface area (Å²) in [6.07, 6.45) is 2.56. The maximum atomic E-state index is 8.65. The number of hydrogen-bond acceptors (Lipinski definition) is 4. The first-order valence-electron chi connectivity index (χ1n) is 4.93. The van der Waals surface area contributed by atoms with E-state index < -0.39 is 0 Å². The van der Waals surface area contributed by atoms with Gasteiger partial charge in [-0.3, -0.25) is 0 Å². The first-order valence-corrected chi connectivity index (χ1v) is 4.93. The van der Waals surface area contributed by atoms with E-state index in [4.69, 9.17) is 14.7 Å². The van der Waals surface area contributed by atoms with Gasteiger partial charge < -0.3 is 9.47 Å². The van der Waals surface area contributed by atoms with Crippen LogP contribution in [0.2, 0.25) is 0 Å². The summed E-state index contributed by atoms with van der Waals surface area (Å²) in [6, 6.07) is 5.28. The van der Waals surface area contributed by atoms with Crippen LogP contribution in [0, 0.1) is 11.3 Å². The van der Waals surface area contributed by atoms with Gasteiger partial charge in [0.2, 0.25) is 5.88 Å². The predicted octanol–water partition coefficient (Wildman–Crippen LogP) is 1.76. The van der Waals surface area contributed by atoms with Crippen LogP contribution in [0.3, 0.4) is 0 Å². The Balaban J connectivity index is 2.28. The van der Waals surface area contributed by atoms with Gasteiger partial charge in [-0.25, -0.2) is 4.98 Å². The standard InChI is InChI=1S/C11H14N2O2/c1-2-5-14-6-7-15-11-8-10(9-12)3-4-13-11/h3-4,8H,2,5-7H2,1H3. The molecular formula is C11H14N2O2. The lowest BCUT2D eigenvalue weighted by molar-refractivity contribution is 0.0990. The fourth-order valence-corrected chi connectivity index (χ4v) is 1.01. The van der Waals surface area contributed by atoms with Gasteiger partial charge in [0.15, 0.2) is 0 Å². The van der Waals surface area contributed by atoms with Crippen LogP contribution in [-0.4, -0.2) is 24.8 Å². The summed E-state index contributed by atoms with van der Waals surface area (Å²) in [5.74, 6) is 0.467. The summed E-state index contributed by atoms with van der Waals surface area (Å²) in [7, 11) is 0. The van der Waals surface area contributed by atoms with Gasteiger partial charge in [0.05, 0.1) is 18.2 Å². The average molecular weight is 206 g/mol. The normalized spacial score (nSPS) is 9.60. The van der Waals surface area contributed by atoms with Crippen molar-refractivity contribution >= 4 is 0 Å². The van der Waals surface area contributed by atoms with E-state index in [0.29, 0.717) is 24.7 Å². The van der Waals surface area contributed by atoms with Crippen LogP contribution in [0.4, 0.5) is 0 Å². The minimum Gasteiger partial charge on any atom is -0.475 e. The maximum Gasteiger partial charge on any atom is 0.214 e. The van der Waals surface area contributed by atoms with Crippen molar-refractivity contribution in [2.75, 3.05) is 19.8 Å². The number of aromatic nitrogens is 1. The van der Waals surface area contributed by atoms with Crippen molar-refractivity contribution < 1.29 is 9.47 Å². The highest BCUT2D eigenvalue weighted by atomic mass is 16.5. The van der Waals surface area contributed by atoms with Gasteiger partial charge >= 0.3 is 0 Å². The van der Waals surface area contributed by atoms with Gasteiger partial charge in [-0.1, -0.05) is 6.92 Å². The quantitative estimate of drug-likeness (QED) is 0.665. The summed E-state index contributed by atoms with van der Waals surface area (Å²) in [5, 5.41) is 8.65. The van der Waals surface area contributed by atoms with Crippen molar-refractivity contribution in [2.24, 2.45) is 0 Å². The highest BCUT2D eigenvalue weighted by molar-refractivity contribution is 5.31. The van der Waals surface area contributed by atoms with E-state index in [1.54, 1.807) is 18.3 Å². The summed E-state index contributed by atoms with van der Waals surface area (Å²) in [5.41, 5.74) is 0.550. The van der Waals surface area contributed by atoms with Crippen LogP contribution in [0.1, 0.15) is 18.9 Å². The molecule has 4 nitrogen and oxygen atoms in total. The molecular weight excluding hydrogens is 192 g/mol. The smallest absolute Gasteiger partial charge is 0.214 e. The lowest BCUT2D eigenvalue weighted by atomic mass is 10.3. The molecule has 80 valence electrons. The lowest BCUT2D eigenvalue weighted by Gasteiger charge is -2.05. The molecule has 0 spiro atoms. The van der Waals surface area contributed by atoms with Gasteiger partial charge in [-0.15, -0.1) is 0 Å². The molecule has 0 saturated heterocycles. The number of rotatable bonds is 6. The zero-order chi connectivity index (χ0) is 10.9. The van der Waals surface area contributed by atoms with E-state index in [-0.39, 0.29) is 0 Å². The Labute approximate surface area is 89.5 Å². The molecule has 0 atom stereocenters. The number of pyridine rings is 1. The molecule has 1 rings (SSSR count). The van der Waals surface area contributed by atoms with E-state index in [1.165, 1.54) is 0 Å². The van der Waals surface area contributed by atoms with Crippen LogP contribution < -0.4 is 4.74 Å². The molecule has 1 aromatic rings. The highest BCUT2D eigenvalue weighted by Gasteiger charge is 1.97. The maximum absolute atomic E-state index is 8.65. The summed E-state index contributed by atoms with van der Waals surface area (Å²) >= 11 is 0. The van der Waals surface area contributed by atoms with Crippen LogP contribution in [0.5, 0.6) is 5.88 Å². The highest BCUT2D eigenvalue weighted by Crippen LogP contribution is 2.07. The van der Waals surface area contributed by atoms with E-state index in [9.17, 15) is 0 Å². The number of ether oxygens (including phenoxy) is 2. The minimum atomic E-state index is 0.460. The topological polar surface area (TPSA) is 55.1 Å². The van der Waals surface area contributed by atoms with Crippen LogP contribution in [-0.2, 0) is 4.74 Å². The Kier molecular flexibility index (Phi) is 5.20. The molecule has 0 amide bonds. The molecule has 0 aromatic carbocycles. The van der Waals surface area contributed by atoms with Crippen molar-refractivity contribution in [3.63, 3.8) is 0 Å². The number of nitriles is 1. The van der Waals surface area contributed by atoms with Crippen molar-refractivity contribution in [1.29, 1.82) is 5.26 Å². The Bertz CT molecular complexity index is 334. The lowest BCUT2D eigenvalue weighted by Crippen LogP contribution is -2.07. The van der Waals surface area contributed by atoms with Crippen molar-refractivity contribution in [2.45, 2.75) is 13.3 Å². The summed E-state index contributed by atoms with van der Waals surface area (Å²) < 4.78 is 10.6. The van der Waals surface area contributed by atoms with Gasteiger partial charge in [0.25, 0.3) is 0 Å². The third kappa shape index (κ3) is 4.43. The van der Waals surface area contributed by atoms with Crippen molar-refractivity contribution in [3.05, 3.63) is 23.9 Å². The molecule has 0 aliphatic heterocycles. The fourth-order valence-electron chi connectivity index (χ4n) is 1.01. The molecule has 0 fully saturated rings. The molecule has 4 heteroatoms. The molecule has 0 bridgehead atoms. The van der Waals surface area contributed by atoms with Gasteiger partial charge in [0, 0.05) is 18.9 Å². The van der Waals surface area contributed by atoms with E-state index in [0.717, 1.165) is 13.0 Å². The molecule has 1 heterocycles. The molecule has 0 aliphatic rings. The van der Waals surface area contributed by atoms with Gasteiger partial charge in [0.1, 0.15) is 6.61 Å². The number of hydrogen-bond donors (Lipinski definition) is 0. The monoisotopic (exact) mass is 206 g/mol. The minimum absolute atomic E-state index is 0.460. The van der Waals surface area contributed by atoms with Crippen LogP contribution in [0.25, 0.3) is 0 Å². The molecule has 0 saturated carbocycles. The Morgan fingerprint density at radius 3 is 3.00 bits per heavy atom. The SMILES string of the molecule is CCCOCCOc1cc(C#N)ccn1. The largest absolute Gasteiger partial charge is 0.475 e. The second kappa shape index (κ2) is 6.80.